The number of carbonyl (C=O) groups excluding carboxylic acids is 1. The normalized spacial score (nSPS) is 44.2. The van der Waals surface area contributed by atoms with Gasteiger partial charge in [-0.2, -0.15) is 0 Å². The first kappa shape index (κ1) is 6.16. The first-order valence-electron chi connectivity index (χ1n) is 3.83. The zero-order valence-electron chi connectivity index (χ0n) is 5.84. The minimum Gasteiger partial charge on any atom is -0.368 e. The Kier molecular flexibility index (Phi) is 1.20. The van der Waals surface area contributed by atoms with Gasteiger partial charge in [-0.25, -0.2) is 0 Å². The summed E-state index contributed by atoms with van der Waals surface area (Å²) in [6, 6.07) is 0.571. The number of hydrogen-bond acceptors (Lipinski definition) is 2. The number of amides is 1. The van der Waals surface area contributed by atoms with E-state index in [1.807, 2.05) is 0 Å². The van der Waals surface area contributed by atoms with Crippen molar-refractivity contribution in [2.75, 3.05) is 0 Å². The van der Waals surface area contributed by atoms with Gasteiger partial charge in [0, 0.05) is 6.04 Å². The van der Waals surface area contributed by atoms with Gasteiger partial charge in [-0.3, -0.25) is 4.79 Å². The van der Waals surface area contributed by atoms with Crippen LogP contribution in [0.2, 0.25) is 0 Å². The largest absolute Gasteiger partial charge is 0.368 e. The summed E-state index contributed by atoms with van der Waals surface area (Å²) in [5.74, 6) is 0.370. The van der Waals surface area contributed by atoms with Crippen LogP contribution in [0.3, 0.4) is 0 Å². The average Bonchev–Trinajstić information content (AvgIpc) is 2.44. The SMILES string of the molecule is NC(=O)[C@H]1N[C@H]2CC[C@H]1C2. The second-order valence-corrected chi connectivity index (χ2v) is 3.32. The summed E-state index contributed by atoms with van der Waals surface area (Å²) in [7, 11) is 0. The highest BCUT2D eigenvalue weighted by molar-refractivity contribution is 5.80. The lowest BCUT2D eigenvalue weighted by Gasteiger charge is -2.19. The Labute approximate surface area is 60.0 Å². The van der Waals surface area contributed by atoms with Crippen molar-refractivity contribution in [3.63, 3.8) is 0 Å². The Morgan fingerprint density at radius 2 is 2.30 bits per heavy atom. The molecule has 1 saturated carbocycles. The molecule has 1 heterocycles. The van der Waals surface area contributed by atoms with Crippen molar-refractivity contribution >= 4 is 5.91 Å². The van der Waals surface area contributed by atoms with Crippen LogP contribution in [0.15, 0.2) is 0 Å². The van der Waals surface area contributed by atoms with E-state index in [0.717, 1.165) is 6.42 Å². The van der Waals surface area contributed by atoms with Crippen molar-refractivity contribution in [3.8, 4) is 0 Å². The highest BCUT2D eigenvalue weighted by Gasteiger charge is 2.41. The molecule has 3 N–H and O–H groups in total. The van der Waals surface area contributed by atoms with Crippen LogP contribution >= 0.6 is 0 Å². The predicted molar refractivity (Wildman–Crippen MR) is 37.2 cm³/mol. The molecule has 0 aromatic heterocycles. The van der Waals surface area contributed by atoms with Gasteiger partial charge in [0.25, 0.3) is 0 Å². The van der Waals surface area contributed by atoms with Gasteiger partial charge in [0.05, 0.1) is 6.04 Å². The number of piperidine rings is 1. The predicted octanol–water partition coefficient (Wildman–Crippen LogP) is -0.388. The van der Waals surface area contributed by atoms with Gasteiger partial charge in [0.2, 0.25) is 5.91 Å². The van der Waals surface area contributed by atoms with Crippen LogP contribution in [-0.2, 0) is 4.79 Å². The number of carbonyl (C=O) groups is 1. The third-order valence-electron chi connectivity index (χ3n) is 2.67. The molecule has 2 fully saturated rings. The number of rotatable bonds is 1. The molecule has 56 valence electrons. The molecule has 1 amide bonds. The van der Waals surface area contributed by atoms with Gasteiger partial charge in [-0.1, -0.05) is 0 Å². The fourth-order valence-corrected chi connectivity index (χ4v) is 2.17. The Balaban J connectivity index is 2.08. The summed E-state index contributed by atoms with van der Waals surface area (Å²) in [5, 5.41) is 3.22. The van der Waals surface area contributed by atoms with E-state index in [0.29, 0.717) is 12.0 Å². The first-order valence-corrected chi connectivity index (χ1v) is 3.83. The summed E-state index contributed by atoms with van der Waals surface area (Å²) < 4.78 is 0. The third kappa shape index (κ3) is 0.736. The number of nitrogens with two attached hydrogens (primary N) is 1. The summed E-state index contributed by atoms with van der Waals surface area (Å²) in [6.45, 7) is 0. The fraction of sp³-hybridized carbons (Fsp3) is 0.857. The molecule has 10 heavy (non-hydrogen) atoms. The van der Waals surface area contributed by atoms with Gasteiger partial charge in [-0.05, 0) is 25.2 Å². The van der Waals surface area contributed by atoms with Crippen LogP contribution in [0, 0.1) is 5.92 Å². The van der Waals surface area contributed by atoms with Crippen molar-refractivity contribution < 1.29 is 4.79 Å². The molecule has 0 radical (unpaired) electrons. The number of nitrogens with one attached hydrogen (secondary N) is 1. The lowest BCUT2D eigenvalue weighted by Crippen LogP contribution is -2.45. The fourth-order valence-electron chi connectivity index (χ4n) is 2.17. The van der Waals surface area contributed by atoms with Crippen molar-refractivity contribution in [1.29, 1.82) is 0 Å². The van der Waals surface area contributed by atoms with Crippen LogP contribution in [0.25, 0.3) is 0 Å². The number of hydrogen-bond donors (Lipinski definition) is 2. The molecule has 2 rings (SSSR count). The molecule has 0 aromatic rings. The summed E-state index contributed by atoms with van der Waals surface area (Å²) in [6.07, 6.45) is 3.58. The van der Waals surface area contributed by atoms with Crippen LogP contribution in [0.4, 0.5) is 0 Å². The molecule has 3 heteroatoms. The maximum Gasteiger partial charge on any atom is 0.234 e. The average molecular weight is 140 g/mol. The minimum absolute atomic E-state index is 0.0150. The molecule has 0 unspecified atom stereocenters. The van der Waals surface area contributed by atoms with E-state index in [1.54, 1.807) is 0 Å². The van der Waals surface area contributed by atoms with Gasteiger partial charge < -0.3 is 11.1 Å². The Hall–Kier alpha value is -0.570. The van der Waals surface area contributed by atoms with Gasteiger partial charge in [0.15, 0.2) is 0 Å². The molecular weight excluding hydrogens is 128 g/mol. The lowest BCUT2D eigenvalue weighted by atomic mass is 10.00. The van der Waals surface area contributed by atoms with E-state index >= 15 is 0 Å². The van der Waals surface area contributed by atoms with Gasteiger partial charge in [0.1, 0.15) is 0 Å². The van der Waals surface area contributed by atoms with E-state index in [2.05, 4.69) is 5.32 Å². The summed E-state index contributed by atoms with van der Waals surface area (Å²) in [5.41, 5.74) is 5.18. The Bertz CT molecular complexity index is 169. The zero-order chi connectivity index (χ0) is 7.14. The Morgan fingerprint density at radius 1 is 1.50 bits per heavy atom. The van der Waals surface area contributed by atoms with Crippen LogP contribution in [0.1, 0.15) is 19.3 Å². The van der Waals surface area contributed by atoms with E-state index in [9.17, 15) is 4.79 Å². The highest BCUT2D eigenvalue weighted by Crippen LogP contribution is 2.34. The monoisotopic (exact) mass is 140 g/mol. The second-order valence-electron chi connectivity index (χ2n) is 3.32. The standard InChI is InChI=1S/C7H12N2O/c8-7(10)6-4-1-2-5(3-4)9-6/h4-6,9H,1-3H2,(H2,8,10)/t4-,5-,6-/m0/s1. The molecule has 3 atom stereocenters. The molecule has 1 aliphatic carbocycles. The third-order valence-corrected chi connectivity index (χ3v) is 2.67. The molecule has 2 aliphatic rings. The van der Waals surface area contributed by atoms with Crippen molar-refractivity contribution in [2.45, 2.75) is 31.3 Å². The summed E-state index contributed by atoms with van der Waals surface area (Å²) in [4.78, 5) is 10.8. The maximum atomic E-state index is 10.8. The van der Waals surface area contributed by atoms with Gasteiger partial charge >= 0.3 is 0 Å². The quantitative estimate of drug-likeness (QED) is 0.521. The van der Waals surface area contributed by atoms with Crippen molar-refractivity contribution in [2.24, 2.45) is 11.7 Å². The first-order chi connectivity index (χ1) is 4.77. The van der Waals surface area contributed by atoms with Crippen LogP contribution in [-0.4, -0.2) is 18.0 Å². The minimum atomic E-state index is -0.174. The molecule has 0 aromatic carbocycles. The summed E-state index contributed by atoms with van der Waals surface area (Å²) >= 11 is 0. The van der Waals surface area contributed by atoms with E-state index in [4.69, 9.17) is 5.73 Å². The molecule has 0 spiro atoms. The van der Waals surface area contributed by atoms with E-state index < -0.39 is 0 Å². The van der Waals surface area contributed by atoms with Crippen molar-refractivity contribution in [1.82, 2.24) is 5.32 Å². The number of fused-ring (bicyclic) bond motifs is 2. The molecular formula is C7H12N2O. The molecule has 1 saturated heterocycles. The smallest absolute Gasteiger partial charge is 0.234 e. The molecule has 3 nitrogen and oxygen atoms in total. The molecule has 2 bridgehead atoms. The van der Waals surface area contributed by atoms with E-state index in [-0.39, 0.29) is 11.9 Å². The topological polar surface area (TPSA) is 55.1 Å². The van der Waals surface area contributed by atoms with E-state index in [1.165, 1.54) is 12.8 Å². The highest BCUT2D eigenvalue weighted by atomic mass is 16.1. The number of primary amides is 1. The molecule has 1 aliphatic heterocycles. The van der Waals surface area contributed by atoms with Crippen molar-refractivity contribution in [3.05, 3.63) is 0 Å². The maximum absolute atomic E-state index is 10.8. The Morgan fingerprint density at radius 3 is 2.60 bits per heavy atom. The second kappa shape index (κ2) is 1.95. The van der Waals surface area contributed by atoms with Gasteiger partial charge in [-0.15, -0.1) is 0 Å². The van der Waals surface area contributed by atoms with Crippen LogP contribution in [0.5, 0.6) is 0 Å². The van der Waals surface area contributed by atoms with Crippen LogP contribution < -0.4 is 11.1 Å². The zero-order valence-corrected chi connectivity index (χ0v) is 5.84. The lowest BCUT2D eigenvalue weighted by molar-refractivity contribution is -0.120.